The van der Waals surface area contributed by atoms with Gasteiger partial charge in [-0.2, -0.15) is 0 Å². The first-order valence-corrected chi connectivity index (χ1v) is 9.13. The summed E-state index contributed by atoms with van der Waals surface area (Å²) in [5.41, 5.74) is 0.657. The molecule has 0 saturated carbocycles. The van der Waals surface area contributed by atoms with Crippen molar-refractivity contribution in [1.29, 1.82) is 0 Å². The van der Waals surface area contributed by atoms with Crippen molar-refractivity contribution in [1.82, 2.24) is 4.90 Å². The Morgan fingerprint density at radius 3 is 2.65 bits per heavy atom. The van der Waals surface area contributed by atoms with Crippen molar-refractivity contribution in [3.8, 4) is 5.75 Å². The summed E-state index contributed by atoms with van der Waals surface area (Å²) in [6.45, 7) is 1.51. The second-order valence-corrected chi connectivity index (χ2v) is 6.98. The number of nitrogens with zero attached hydrogens (tertiary/aromatic N) is 1. The van der Waals surface area contributed by atoms with E-state index in [0.717, 1.165) is 4.47 Å². The van der Waals surface area contributed by atoms with Crippen LogP contribution >= 0.6 is 27.5 Å². The van der Waals surface area contributed by atoms with Crippen LogP contribution in [0.2, 0.25) is 5.02 Å². The third kappa shape index (κ3) is 5.05. The second kappa shape index (κ2) is 9.14. The highest BCUT2D eigenvalue weighted by Crippen LogP contribution is 2.25. The van der Waals surface area contributed by atoms with Crippen LogP contribution in [0.3, 0.4) is 0 Å². The van der Waals surface area contributed by atoms with Crippen molar-refractivity contribution in [3.05, 3.63) is 62.8 Å². The van der Waals surface area contributed by atoms with Crippen LogP contribution in [0, 0.1) is 5.82 Å². The molecule has 0 spiro atoms. The normalized spacial score (nSPS) is 10.5. The number of ketones is 1. The summed E-state index contributed by atoms with van der Waals surface area (Å²) < 4.78 is 20.1. The highest BCUT2D eigenvalue weighted by molar-refractivity contribution is 9.10. The molecule has 0 fully saturated rings. The molecule has 7 heteroatoms. The zero-order chi connectivity index (χ0) is 19.3. The third-order valence-electron chi connectivity index (χ3n) is 3.80. The number of halogens is 3. The molecule has 0 aliphatic rings. The summed E-state index contributed by atoms with van der Waals surface area (Å²) in [4.78, 5) is 25.7. The van der Waals surface area contributed by atoms with Crippen molar-refractivity contribution in [2.75, 3.05) is 13.7 Å². The van der Waals surface area contributed by atoms with Crippen LogP contribution in [0.5, 0.6) is 5.75 Å². The highest BCUT2D eigenvalue weighted by atomic mass is 79.9. The second-order valence-electron chi connectivity index (χ2n) is 5.66. The van der Waals surface area contributed by atoms with Gasteiger partial charge in [0.15, 0.2) is 12.4 Å². The maximum Gasteiger partial charge on any atom is 0.260 e. The standard InChI is InChI=1S/C19H18BrClFNO3/c1-3-17(24)13-9-12(20)7-8-18(13)26-11-19(25)23(2)10-14-15(21)5-4-6-16(14)22/h4-9H,3,10-11H2,1-2H3. The molecule has 0 unspecified atom stereocenters. The maximum absolute atomic E-state index is 13.8. The molecule has 2 aromatic carbocycles. The van der Waals surface area contributed by atoms with Gasteiger partial charge in [0.2, 0.25) is 0 Å². The van der Waals surface area contributed by atoms with Crippen molar-refractivity contribution in [2.24, 2.45) is 0 Å². The van der Waals surface area contributed by atoms with Gasteiger partial charge in [-0.25, -0.2) is 4.39 Å². The van der Waals surface area contributed by atoms with E-state index in [-0.39, 0.29) is 35.4 Å². The van der Waals surface area contributed by atoms with Crippen LogP contribution in [0.4, 0.5) is 4.39 Å². The number of hydrogen-bond donors (Lipinski definition) is 0. The number of Topliss-reactive ketones (excluding diaryl/α,β-unsaturated/α-hetero) is 1. The Labute approximate surface area is 165 Å². The zero-order valence-corrected chi connectivity index (χ0v) is 16.7. The molecule has 26 heavy (non-hydrogen) atoms. The molecule has 0 radical (unpaired) electrons. The van der Waals surface area contributed by atoms with E-state index in [1.54, 1.807) is 31.2 Å². The summed E-state index contributed by atoms with van der Waals surface area (Å²) in [6.07, 6.45) is 0.326. The fraction of sp³-hybridized carbons (Fsp3) is 0.263. The van der Waals surface area contributed by atoms with E-state index in [4.69, 9.17) is 16.3 Å². The van der Waals surface area contributed by atoms with E-state index in [9.17, 15) is 14.0 Å². The molecule has 1 amide bonds. The number of ether oxygens (including phenoxy) is 1. The van der Waals surface area contributed by atoms with Crippen molar-refractivity contribution in [2.45, 2.75) is 19.9 Å². The van der Waals surface area contributed by atoms with Crippen LogP contribution in [0.1, 0.15) is 29.3 Å². The average Bonchev–Trinajstić information content (AvgIpc) is 2.62. The first-order valence-electron chi connectivity index (χ1n) is 7.95. The Kier molecular flexibility index (Phi) is 7.17. The summed E-state index contributed by atoms with van der Waals surface area (Å²) in [7, 11) is 1.54. The van der Waals surface area contributed by atoms with E-state index in [2.05, 4.69) is 15.9 Å². The molecule has 4 nitrogen and oxygen atoms in total. The quantitative estimate of drug-likeness (QED) is 0.575. The lowest BCUT2D eigenvalue weighted by atomic mass is 10.1. The lowest BCUT2D eigenvalue weighted by Crippen LogP contribution is -2.31. The third-order valence-corrected chi connectivity index (χ3v) is 4.64. The molecular formula is C19H18BrClFNO3. The number of carbonyl (C=O) groups is 2. The van der Waals surface area contributed by atoms with Gasteiger partial charge in [-0.05, 0) is 30.3 Å². The van der Waals surface area contributed by atoms with Gasteiger partial charge >= 0.3 is 0 Å². The first-order chi connectivity index (χ1) is 12.3. The van der Waals surface area contributed by atoms with Crippen LogP contribution in [-0.4, -0.2) is 30.2 Å². The molecule has 2 rings (SSSR count). The Bertz CT molecular complexity index is 808. The Morgan fingerprint density at radius 1 is 1.27 bits per heavy atom. The van der Waals surface area contributed by atoms with E-state index < -0.39 is 5.82 Å². The SMILES string of the molecule is CCC(=O)c1cc(Br)ccc1OCC(=O)N(C)Cc1c(F)cccc1Cl. The van der Waals surface area contributed by atoms with E-state index in [1.807, 2.05) is 0 Å². The fourth-order valence-electron chi connectivity index (χ4n) is 2.29. The van der Waals surface area contributed by atoms with Gasteiger partial charge in [0, 0.05) is 35.1 Å². The predicted molar refractivity (Wildman–Crippen MR) is 102 cm³/mol. The van der Waals surface area contributed by atoms with Crippen LogP contribution in [0.25, 0.3) is 0 Å². The number of carbonyl (C=O) groups excluding carboxylic acids is 2. The van der Waals surface area contributed by atoms with Crippen LogP contribution < -0.4 is 4.74 Å². The molecule has 0 heterocycles. The molecule has 0 aromatic heterocycles. The van der Waals surface area contributed by atoms with Crippen LogP contribution in [0.15, 0.2) is 40.9 Å². The molecule has 138 valence electrons. The summed E-state index contributed by atoms with van der Waals surface area (Å²) in [5, 5.41) is 0.259. The van der Waals surface area contributed by atoms with Gasteiger partial charge in [-0.3, -0.25) is 9.59 Å². The fourth-order valence-corrected chi connectivity index (χ4v) is 2.88. The molecule has 0 bridgehead atoms. The van der Waals surface area contributed by atoms with Crippen molar-refractivity contribution in [3.63, 3.8) is 0 Å². The predicted octanol–water partition coefficient (Wildman–Crippen LogP) is 4.87. The lowest BCUT2D eigenvalue weighted by Gasteiger charge is -2.19. The smallest absolute Gasteiger partial charge is 0.260 e. The van der Waals surface area contributed by atoms with Gasteiger partial charge in [0.25, 0.3) is 5.91 Å². The minimum Gasteiger partial charge on any atom is -0.483 e. The molecule has 0 aliphatic heterocycles. The number of hydrogen-bond acceptors (Lipinski definition) is 3. The number of rotatable bonds is 7. The molecule has 0 atom stereocenters. The summed E-state index contributed by atoms with van der Waals surface area (Å²) in [5.74, 6) is -0.574. The minimum atomic E-state index is -0.471. The molecule has 2 aromatic rings. The first kappa shape index (κ1) is 20.4. The van der Waals surface area contributed by atoms with Crippen molar-refractivity contribution < 1.29 is 18.7 Å². The zero-order valence-electron chi connectivity index (χ0n) is 14.4. The topological polar surface area (TPSA) is 46.6 Å². The maximum atomic E-state index is 13.8. The van der Waals surface area contributed by atoms with E-state index in [0.29, 0.717) is 17.7 Å². The number of benzene rings is 2. The monoisotopic (exact) mass is 441 g/mol. The molecule has 0 N–H and O–H groups in total. The highest BCUT2D eigenvalue weighted by Gasteiger charge is 2.17. The van der Waals surface area contributed by atoms with Crippen LogP contribution in [-0.2, 0) is 11.3 Å². The Balaban J connectivity index is 2.06. The van der Waals surface area contributed by atoms with Gasteiger partial charge in [0.1, 0.15) is 11.6 Å². The molecular weight excluding hydrogens is 425 g/mol. The molecule has 0 saturated heterocycles. The summed E-state index contributed by atoms with van der Waals surface area (Å²) >= 11 is 9.30. The number of amides is 1. The van der Waals surface area contributed by atoms with Gasteiger partial charge < -0.3 is 9.64 Å². The molecule has 0 aliphatic carbocycles. The Morgan fingerprint density at radius 2 is 2.00 bits per heavy atom. The Hall–Kier alpha value is -1.92. The largest absolute Gasteiger partial charge is 0.483 e. The van der Waals surface area contributed by atoms with Gasteiger partial charge in [0.05, 0.1) is 5.56 Å². The van der Waals surface area contributed by atoms with Crippen molar-refractivity contribution >= 4 is 39.2 Å². The van der Waals surface area contributed by atoms with E-state index >= 15 is 0 Å². The minimum absolute atomic E-state index is 0.0226. The van der Waals surface area contributed by atoms with Gasteiger partial charge in [-0.1, -0.05) is 40.5 Å². The van der Waals surface area contributed by atoms with E-state index in [1.165, 1.54) is 24.1 Å². The van der Waals surface area contributed by atoms with Gasteiger partial charge in [-0.15, -0.1) is 0 Å². The lowest BCUT2D eigenvalue weighted by molar-refractivity contribution is -0.132. The summed E-state index contributed by atoms with van der Waals surface area (Å²) in [6, 6.07) is 9.39. The number of likely N-dealkylation sites (N-methyl/N-ethyl adjacent to an activating group) is 1. The average molecular weight is 443 g/mol.